The highest BCUT2D eigenvalue weighted by Gasteiger charge is 2.23. The first-order valence-corrected chi connectivity index (χ1v) is 6.59. The predicted octanol–water partition coefficient (Wildman–Crippen LogP) is -1.13. The Morgan fingerprint density at radius 3 is 2.55 bits per heavy atom. The van der Waals surface area contributed by atoms with Crippen molar-refractivity contribution in [2.24, 2.45) is 0 Å². The van der Waals surface area contributed by atoms with Gasteiger partial charge in [0, 0.05) is 31.9 Å². The molecule has 1 saturated heterocycles. The van der Waals surface area contributed by atoms with Crippen molar-refractivity contribution >= 4 is 24.2 Å². The molecule has 0 spiro atoms. The van der Waals surface area contributed by atoms with E-state index in [1.54, 1.807) is 19.1 Å². The van der Waals surface area contributed by atoms with Gasteiger partial charge in [0.15, 0.2) is 0 Å². The van der Waals surface area contributed by atoms with Crippen LogP contribution in [0.5, 0.6) is 0 Å². The van der Waals surface area contributed by atoms with Gasteiger partial charge in [-0.05, 0) is 30.1 Å². The Hall–Kier alpha value is -1.57. The molecule has 7 heteroatoms. The minimum atomic E-state index is -1.61. The van der Waals surface area contributed by atoms with Gasteiger partial charge >= 0.3 is 13.1 Å². The van der Waals surface area contributed by atoms with E-state index in [4.69, 9.17) is 4.74 Å². The van der Waals surface area contributed by atoms with Crippen LogP contribution in [0.15, 0.2) is 12.1 Å². The predicted molar refractivity (Wildman–Crippen MR) is 77.4 cm³/mol. The number of ether oxygens (including phenoxy) is 1. The number of rotatable bonds is 3. The quantitative estimate of drug-likeness (QED) is 0.479. The number of hydrogen-bond donors (Lipinski definition) is 3. The fourth-order valence-electron chi connectivity index (χ4n) is 2.42. The summed E-state index contributed by atoms with van der Waals surface area (Å²) in [6, 6.07) is 3.47. The topological polar surface area (TPSA) is 82.0 Å². The summed E-state index contributed by atoms with van der Waals surface area (Å²) in [5, 5.41) is 22.2. The molecule has 0 radical (unpaired) electrons. The van der Waals surface area contributed by atoms with E-state index in [0.29, 0.717) is 16.6 Å². The van der Waals surface area contributed by atoms with Crippen molar-refractivity contribution < 1.29 is 19.6 Å². The van der Waals surface area contributed by atoms with Gasteiger partial charge in [0.1, 0.15) is 0 Å². The molecule has 1 fully saturated rings. The summed E-state index contributed by atoms with van der Waals surface area (Å²) in [5.74, 6) is -0.471. The van der Waals surface area contributed by atoms with Gasteiger partial charge in [-0.3, -0.25) is 0 Å². The molecule has 1 aliphatic heterocycles. The van der Waals surface area contributed by atoms with Crippen molar-refractivity contribution in [2.45, 2.75) is 6.92 Å². The number of benzene rings is 1. The maximum Gasteiger partial charge on any atom is 0.488 e. The third-order valence-corrected chi connectivity index (χ3v) is 3.60. The highest BCUT2D eigenvalue weighted by atomic mass is 16.5. The number of nitrogens with zero attached hydrogens (tertiary/aromatic N) is 1. The molecule has 0 saturated carbocycles. The van der Waals surface area contributed by atoms with Crippen LogP contribution < -0.4 is 15.7 Å². The molecule has 0 aliphatic carbocycles. The molecular formula is C13H19BN2O4. The third-order valence-electron chi connectivity index (χ3n) is 3.60. The highest BCUT2D eigenvalue weighted by Crippen LogP contribution is 2.19. The number of methoxy groups -OCH3 is 1. The number of piperazine rings is 1. The van der Waals surface area contributed by atoms with Gasteiger partial charge in [0.2, 0.25) is 0 Å². The SMILES string of the molecule is COC(=O)c1cc(N2CCNCC2)cc(B(O)O)c1C. The first-order valence-electron chi connectivity index (χ1n) is 6.59. The Balaban J connectivity index is 2.46. The minimum Gasteiger partial charge on any atom is -0.465 e. The minimum absolute atomic E-state index is 0.335. The van der Waals surface area contributed by atoms with Crippen LogP contribution in [0.3, 0.4) is 0 Å². The molecule has 108 valence electrons. The lowest BCUT2D eigenvalue weighted by Gasteiger charge is -2.30. The van der Waals surface area contributed by atoms with Gasteiger partial charge in [-0.1, -0.05) is 0 Å². The molecule has 0 unspecified atom stereocenters. The largest absolute Gasteiger partial charge is 0.488 e. The molecular weight excluding hydrogens is 259 g/mol. The van der Waals surface area contributed by atoms with Crippen LogP contribution in [-0.2, 0) is 4.74 Å². The normalized spacial score (nSPS) is 15.1. The average Bonchev–Trinajstić information content (AvgIpc) is 2.47. The summed E-state index contributed by atoms with van der Waals surface area (Å²) in [7, 11) is -0.296. The highest BCUT2D eigenvalue weighted by molar-refractivity contribution is 6.59. The van der Waals surface area contributed by atoms with Crippen molar-refractivity contribution in [3.8, 4) is 0 Å². The van der Waals surface area contributed by atoms with E-state index in [-0.39, 0.29) is 0 Å². The number of hydrogen-bond acceptors (Lipinski definition) is 6. The number of carbonyl (C=O) groups excluding carboxylic acids is 1. The van der Waals surface area contributed by atoms with Crippen LogP contribution in [-0.4, -0.2) is 56.4 Å². The molecule has 3 N–H and O–H groups in total. The fourth-order valence-corrected chi connectivity index (χ4v) is 2.42. The Kier molecular flexibility index (Phi) is 4.64. The standard InChI is InChI=1S/C13H19BN2O4/c1-9-11(13(17)20-2)7-10(8-12(9)14(18)19)16-5-3-15-4-6-16/h7-8,15,18-19H,3-6H2,1-2H3. The molecule has 0 amide bonds. The van der Waals surface area contributed by atoms with Crippen molar-refractivity contribution in [3.05, 3.63) is 23.3 Å². The van der Waals surface area contributed by atoms with Crippen LogP contribution in [0.1, 0.15) is 15.9 Å². The lowest BCUT2D eigenvalue weighted by molar-refractivity contribution is 0.0600. The Morgan fingerprint density at radius 1 is 1.35 bits per heavy atom. The number of esters is 1. The zero-order valence-electron chi connectivity index (χ0n) is 11.7. The number of carbonyl (C=O) groups is 1. The summed E-state index contributed by atoms with van der Waals surface area (Å²) < 4.78 is 4.76. The van der Waals surface area contributed by atoms with Gasteiger partial charge in [0.05, 0.1) is 12.7 Å². The van der Waals surface area contributed by atoms with Crippen LogP contribution in [0.4, 0.5) is 5.69 Å². The fraction of sp³-hybridized carbons (Fsp3) is 0.462. The molecule has 1 heterocycles. The van der Waals surface area contributed by atoms with E-state index in [1.165, 1.54) is 7.11 Å². The summed E-state index contributed by atoms with van der Waals surface area (Å²) >= 11 is 0. The maximum absolute atomic E-state index is 11.8. The van der Waals surface area contributed by atoms with Crippen LogP contribution in [0.2, 0.25) is 0 Å². The van der Waals surface area contributed by atoms with E-state index in [1.807, 2.05) is 0 Å². The second kappa shape index (κ2) is 6.26. The second-order valence-electron chi connectivity index (χ2n) is 4.81. The van der Waals surface area contributed by atoms with Crippen molar-refractivity contribution in [3.63, 3.8) is 0 Å². The van der Waals surface area contributed by atoms with Crippen LogP contribution in [0, 0.1) is 6.92 Å². The van der Waals surface area contributed by atoms with Crippen molar-refractivity contribution in [1.82, 2.24) is 5.32 Å². The van der Waals surface area contributed by atoms with E-state index in [2.05, 4.69) is 10.2 Å². The molecule has 20 heavy (non-hydrogen) atoms. The molecule has 0 aromatic heterocycles. The smallest absolute Gasteiger partial charge is 0.465 e. The Bertz CT molecular complexity index is 501. The maximum atomic E-state index is 11.8. The first kappa shape index (κ1) is 14.8. The zero-order chi connectivity index (χ0) is 14.7. The van der Waals surface area contributed by atoms with Crippen LogP contribution in [0.25, 0.3) is 0 Å². The molecule has 6 nitrogen and oxygen atoms in total. The van der Waals surface area contributed by atoms with E-state index >= 15 is 0 Å². The summed E-state index contributed by atoms with van der Waals surface area (Å²) in [6.45, 7) is 5.02. The Labute approximate surface area is 118 Å². The monoisotopic (exact) mass is 278 g/mol. The lowest BCUT2D eigenvalue weighted by atomic mass is 9.75. The summed E-state index contributed by atoms with van der Waals surface area (Å²) in [6.07, 6.45) is 0. The van der Waals surface area contributed by atoms with E-state index < -0.39 is 13.1 Å². The van der Waals surface area contributed by atoms with Gasteiger partial charge in [-0.2, -0.15) is 0 Å². The van der Waals surface area contributed by atoms with Crippen molar-refractivity contribution in [1.29, 1.82) is 0 Å². The average molecular weight is 278 g/mol. The number of anilines is 1. The molecule has 0 bridgehead atoms. The first-order chi connectivity index (χ1) is 9.54. The van der Waals surface area contributed by atoms with Crippen molar-refractivity contribution in [2.75, 3.05) is 38.2 Å². The molecule has 1 aromatic rings. The Morgan fingerprint density at radius 2 is 2.00 bits per heavy atom. The molecule has 2 rings (SSSR count). The summed E-state index contributed by atoms with van der Waals surface area (Å²) in [5.41, 5.74) is 2.04. The van der Waals surface area contributed by atoms with Gasteiger partial charge in [-0.15, -0.1) is 0 Å². The number of nitrogens with one attached hydrogen (secondary N) is 1. The molecule has 1 aliphatic rings. The zero-order valence-corrected chi connectivity index (χ0v) is 11.7. The van der Waals surface area contributed by atoms with Crippen LogP contribution >= 0.6 is 0 Å². The van der Waals surface area contributed by atoms with E-state index in [9.17, 15) is 14.8 Å². The molecule has 0 atom stereocenters. The molecule has 1 aromatic carbocycles. The van der Waals surface area contributed by atoms with Gasteiger partial charge < -0.3 is 25.0 Å². The third kappa shape index (κ3) is 2.95. The lowest BCUT2D eigenvalue weighted by Crippen LogP contribution is -2.44. The summed E-state index contributed by atoms with van der Waals surface area (Å²) in [4.78, 5) is 13.9. The van der Waals surface area contributed by atoms with E-state index in [0.717, 1.165) is 31.9 Å². The van der Waals surface area contributed by atoms with Gasteiger partial charge in [-0.25, -0.2) is 4.79 Å². The second-order valence-corrected chi connectivity index (χ2v) is 4.81. The van der Waals surface area contributed by atoms with Gasteiger partial charge in [0.25, 0.3) is 0 Å².